The molecule has 2 N–H and O–H groups in total. The van der Waals surface area contributed by atoms with Crippen molar-refractivity contribution in [3.63, 3.8) is 0 Å². The molecule has 0 bridgehead atoms. The van der Waals surface area contributed by atoms with Crippen LogP contribution in [-0.4, -0.2) is 5.91 Å². The molecule has 0 aliphatic carbocycles. The number of aryl methyl sites for hydroxylation is 1. The Morgan fingerprint density at radius 2 is 1.71 bits per heavy atom. The number of rotatable bonds is 6. The summed E-state index contributed by atoms with van der Waals surface area (Å²) in [5.41, 5.74) is 4.18. The van der Waals surface area contributed by atoms with E-state index >= 15 is 0 Å². The highest BCUT2D eigenvalue weighted by Crippen LogP contribution is 2.24. The normalized spacial score (nSPS) is 11.3. The Morgan fingerprint density at radius 1 is 1.04 bits per heavy atom. The summed E-state index contributed by atoms with van der Waals surface area (Å²) in [6, 6.07) is 24.0. The minimum absolute atomic E-state index is 0.188. The second-order valence-corrected chi connectivity index (χ2v) is 6.88. The van der Waals surface area contributed by atoms with Crippen molar-refractivity contribution in [2.24, 2.45) is 0 Å². The first-order chi connectivity index (χ1) is 13.6. The van der Waals surface area contributed by atoms with E-state index in [9.17, 15) is 4.79 Å². The SMILES string of the molecule is Cc1ccc(NC(=O)C(Nc2ccc(CC#N)cc2)c2ccccc2)cc1Cl. The monoisotopic (exact) mass is 389 g/mol. The lowest BCUT2D eigenvalue weighted by atomic mass is 10.0. The van der Waals surface area contributed by atoms with Crippen molar-refractivity contribution in [2.75, 3.05) is 10.6 Å². The Hall–Kier alpha value is -3.29. The largest absolute Gasteiger partial charge is 0.370 e. The summed E-state index contributed by atoms with van der Waals surface area (Å²) < 4.78 is 0. The molecule has 3 aromatic rings. The van der Waals surface area contributed by atoms with Crippen LogP contribution in [0.3, 0.4) is 0 Å². The molecule has 0 radical (unpaired) electrons. The van der Waals surface area contributed by atoms with E-state index in [1.54, 1.807) is 6.07 Å². The van der Waals surface area contributed by atoms with Gasteiger partial charge < -0.3 is 10.6 Å². The molecular formula is C23H20ClN3O. The first-order valence-corrected chi connectivity index (χ1v) is 9.29. The van der Waals surface area contributed by atoms with Crippen molar-refractivity contribution in [1.29, 1.82) is 5.26 Å². The van der Waals surface area contributed by atoms with Gasteiger partial charge in [-0.15, -0.1) is 0 Å². The van der Waals surface area contributed by atoms with Crippen LogP contribution in [0.4, 0.5) is 11.4 Å². The first kappa shape index (κ1) is 19.5. The van der Waals surface area contributed by atoms with Crippen LogP contribution in [0, 0.1) is 18.3 Å². The summed E-state index contributed by atoms with van der Waals surface area (Å²) in [6.45, 7) is 1.91. The van der Waals surface area contributed by atoms with Gasteiger partial charge in [-0.3, -0.25) is 4.79 Å². The highest BCUT2D eigenvalue weighted by Gasteiger charge is 2.21. The van der Waals surface area contributed by atoms with Gasteiger partial charge in [0.25, 0.3) is 5.91 Å². The molecule has 0 aliphatic rings. The van der Waals surface area contributed by atoms with Crippen LogP contribution in [0.2, 0.25) is 5.02 Å². The molecule has 0 aromatic heterocycles. The predicted molar refractivity (Wildman–Crippen MR) is 113 cm³/mol. The van der Waals surface area contributed by atoms with E-state index < -0.39 is 6.04 Å². The minimum atomic E-state index is -0.580. The van der Waals surface area contributed by atoms with Gasteiger partial charge in [0.15, 0.2) is 0 Å². The van der Waals surface area contributed by atoms with Crippen molar-refractivity contribution < 1.29 is 4.79 Å². The van der Waals surface area contributed by atoms with E-state index in [-0.39, 0.29) is 5.91 Å². The number of hydrogen-bond acceptors (Lipinski definition) is 3. The molecular weight excluding hydrogens is 370 g/mol. The number of hydrogen-bond donors (Lipinski definition) is 2. The third kappa shape index (κ3) is 4.91. The summed E-state index contributed by atoms with van der Waals surface area (Å²) in [5, 5.41) is 15.6. The minimum Gasteiger partial charge on any atom is -0.370 e. The number of nitriles is 1. The third-order valence-corrected chi connectivity index (χ3v) is 4.79. The molecule has 3 rings (SSSR count). The molecule has 0 aliphatic heterocycles. The fourth-order valence-electron chi connectivity index (χ4n) is 2.81. The summed E-state index contributed by atoms with van der Waals surface area (Å²) in [7, 11) is 0. The van der Waals surface area contributed by atoms with Crippen LogP contribution in [0.1, 0.15) is 22.7 Å². The van der Waals surface area contributed by atoms with Crippen LogP contribution < -0.4 is 10.6 Å². The molecule has 140 valence electrons. The molecule has 5 heteroatoms. The maximum atomic E-state index is 13.0. The smallest absolute Gasteiger partial charge is 0.251 e. The van der Waals surface area contributed by atoms with Gasteiger partial charge in [-0.2, -0.15) is 5.26 Å². The number of amides is 1. The zero-order valence-electron chi connectivity index (χ0n) is 15.4. The predicted octanol–water partition coefficient (Wildman–Crippen LogP) is 5.51. The van der Waals surface area contributed by atoms with Gasteiger partial charge in [-0.1, -0.05) is 60.1 Å². The van der Waals surface area contributed by atoms with Gasteiger partial charge in [0.05, 0.1) is 12.5 Å². The molecule has 0 saturated carbocycles. The molecule has 1 atom stereocenters. The average Bonchev–Trinajstić information content (AvgIpc) is 2.71. The van der Waals surface area contributed by atoms with Gasteiger partial charge in [-0.05, 0) is 47.9 Å². The van der Waals surface area contributed by atoms with Gasteiger partial charge in [-0.25, -0.2) is 0 Å². The van der Waals surface area contributed by atoms with Crippen molar-refractivity contribution in [1.82, 2.24) is 0 Å². The third-order valence-electron chi connectivity index (χ3n) is 4.38. The van der Waals surface area contributed by atoms with Crippen molar-refractivity contribution in [2.45, 2.75) is 19.4 Å². The van der Waals surface area contributed by atoms with Crippen molar-refractivity contribution in [3.05, 3.63) is 94.5 Å². The van der Waals surface area contributed by atoms with E-state index in [2.05, 4.69) is 16.7 Å². The van der Waals surface area contributed by atoms with Crippen LogP contribution >= 0.6 is 11.6 Å². The van der Waals surface area contributed by atoms with Crippen LogP contribution in [0.25, 0.3) is 0 Å². The highest BCUT2D eigenvalue weighted by molar-refractivity contribution is 6.31. The fourth-order valence-corrected chi connectivity index (χ4v) is 2.99. The van der Waals surface area contributed by atoms with E-state index in [4.69, 9.17) is 16.9 Å². The Morgan fingerprint density at radius 3 is 2.36 bits per heavy atom. The van der Waals surface area contributed by atoms with E-state index in [1.165, 1.54) is 0 Å². The van der Waals surface area contributed by atoms with Gasteiger partial charge in [0, 0.05) is 16.4 Å². The van der Waals surface area contributed by atoms with Crippen molar-refractivity contribution >= 4 is 28.9 Å². The van der Waals surface area contributed by atoms with Crippen LogP contribution in [-0.2, 0) is 11.2 Å². The molecule has 3 aromatic carbocycles. The average molecular weight is 390 g/mol. The zero-order valence-corrected chi connectivity index (χ0v) is 16.2. The second kappa shape index (κ2) is 9.07. The molecule has 1 amide bonds. The number of nitrogens with one attached hydrogen (secondary N) is 2. The summed E-state index contributed by atoms with van der Waals surface area (Å²) in [5.74, 6) is -0.188. The van der Waals surface area contributed by atoms with E-state index in [0.29, 0.717) is 17.1 Å². The van der Waals surface area contributed by atoms with Crippen LogP contribution in [0.15, 0.2) is 72.8 Å². The number of nitrogens with zero attached hydrogens (tertiary/aromatic N) is 1. The Bertz CT molecular complexity index is 995. The molecule has 4 nitrogen and oxygen atoms in total. The lowest BCUT2D eigenvalue weighted by molar-refractivity contribution is -0.117. The molecule has 0 spiro atoms. The van der Waals surface area contributed by atoms with Gasteiger partial charge in [0.1, 0.15) is 6.04 Å². The summed E-state index contributed by atoms with van der Waals surface area (Å²) in [6.07, 6.45) is 0.358. The maximum Gasteiger partial charge on any atom is 0.251 e. The topological polar surface area (TPSA) is 64.9 Å². The lowest BCUT2D eigenvalue weighted by Gasteiger charge is -2.20. The molecule has 28 heavy (non-hydrogen) atoms. The molecule has 0 fully saturated rings. The van der Waals surface area contributed by atoms with Gasteiger partial charge >= 0.3 is 0 Å². The Kier molecular flexibility index (Phi) is 6.31. The second-order valence-electron chi connectivity index (χ2n) is 6.47. The van der Waals surface area contributed by atoms with Gasteiger partial charge in [0.2, 0.25) is 0 Å². The highest BCUT2D eigenvalue weighted by atomic mass is 35.5. The van der Waals surface area contributed by atoms with Crippen LogP contribution in [0.5, 0.6) is 0 Å². The van der Waals surface area contributed by atoms with Crippen molar-refractivity contribution in [3.8, 4) is 6.07 Å². The Labute approximate surface area is 169 Å². The molecule has 0 saturated heterocycles. The number of carbonyl (C=O) groups is 1. The standard InChI is InChI=1S/C23H20ClN3O/c1-16-7-10-20(15-21(16)24)27-23(28)22(18-5-3-2-4-6-18)26-19-11-8-17(9-12-19)13-14-25/h2-12,15,22,26H,13H2,1H3,(H,27,28). The quantitative estimate of drug-likeness (QED) is 0.584. The first-order valence-electron chi connectivity index (χ1n) is 8.91. The summed E-state index contributed by atoms with van der Waals surface area (Å²) >= 11 is 6.17. The molecule has 0 heterocycles. The molecule has 1 unspecified atom stereocenters. The maximum absolute atomic E-state index is 13.0. The number of halogens is 1. The lowest BCUT2D eigenvalue weighted by Crippen LogP contribution is -2.27. The Balaban J connectivity index is 1.83. The number of anilines is 2. The summed E-state index contributed by atoms with van der Waals surface area (Å²) in [4.78, 5) is 13.0. The number of carbonyl (C=O) groups excluding carboxylic acids is 1. The van der Waals surface area contributed by atoms with E-state index in [1.807, 2.05) is 73.7 Å². The number of benzene rings is 3. The fraction of sp³-hybridized carbons (Fsp3) is 0.130. The zero-order chi connectivity index (χ0) is 19.9. The van der Waals surface area contributed by atoms with E-state index in [0.717, 1.165) is 22.4 Å².